The van der Waals surface area contributed by atoms with Crippen molar-refractivity contribution in [1.29, 1.82) is 0 Å². The van der Waals surface area contributed by atoms with E-state index in [2.05, 4.69) is 0 Å². The summed E-state index contributed by atoms with van der Waals surface area (Å²) in [5, 5.41) is 9.85. The van der Waals surface area contributed by atoms with E-state index in [0.717, 1.165) is 6.08 Å². The van der Waals surface area contributed by atoms with Gasteiger partial charge in [-0.1, -0.05) is 0 Å². The minimum absolute atomic E-state index is 0. The molecular weight excluding hydrogens is 171 g/mol. The molecule has 0 atom stereocenters. The van der Waals surface area contributed by atoms with Crippen LogP contribution in [0.15, 0.2) is 28.9 Å². The SMILES string of the molecule is O=C([O-])/C=C/c1ccco1.[K+]. The van der Waals surface area contributed by atoms with Crippen LogP contribution in [0.5, 0.6) is 0 Å². The molecule has 0 unspecified atom stereocenters. The van der Waals surface area contributed by atoms with E-state index in [1.807, 2.05) is 0 Å². The summed E-state index contributed by atoms with van der Waals surface area (Å²) >= 11 is 0. The van der Waals surface area contributed by atoms with Crippen LogP contribution in [0.4, 0.5) is 0 Å². The molecule has 3 nitrogen and oxygen atoms in total. The van der Waals surface area contributed by atoms with Crippen molar-refractivity contribution in [2.75, 3.05) is 0 Å². The molecule has 0 aliphatic heterocycles. The van der Waals surface area contributed by atoms with Gasteiger partial charge in [0.1, 0.15) is 5.76 Å². The number of rotatable bonds is 2. The molecule has 0 aliphatic carbocycles. The minimum atomic E-state index is -1.23. The van der Waals surface area contributed by atoms with Gasteiger partial charge >= 0.3 is 51.4 Å². The predicted molar refractivity (Wildman–Crippen MR) is 32.7 cm³/mol. The van der Waals surface area contributed by atoms with Crippen molar-refractivity contribution in [1.82, 2.24) is 0 Å². The first-order chi connectivity index (χ1) is 4.79. The van der Waals surface area contributed by atoms with E-state index < -0.39 is 5.97 Å². The Morgan fingerprint density at radius 1 is 1.64 bits per heavy atom. The average molecular weight is 176 g/mol. The van der Waals surface area contributed by atoms with Crippen LogP contribution in [0.3, 0.4) is 0 Å². The summed E-state index contributed by atoms with van der Waals surface area (Å²) in [6.07, 6.45) is 3.71. The van der Waals surface area contributed by atoms with Crippen LogP contribution >= 0.6 is 0 Å². The predicted octanol–water partition coefficient (Wildman–Crippen LogP) is -2.95. The van der Waals surface area contributed by atoms with Crippen molar-refractivity contribution >= 4 is 12.0 Å². The topological polar surface area (TPSA) is 53.3 Å². The first-order valence-corrected chi connectivity index (χ1v) is 2.71. The number of hydrogen-bond acceptors (Lipinski definition) is 3. The molecule has 0 radical (unpaired) electrons. The molecule has 0 fully saturated rings. The fourth-order valence-electron chi connectivity index (χ4n) is 0.536. The van der Waals surface area contributed by atoms with Gasteiger partial charge in [0.05, 0.1) is 12.2 Å². The van der Waals surface area contributed by atoms with Crippen LogP contribution < -0.4 is 56.5 Å². The Balaban J connectivity index is 0.000001000. The maximum Gasteiger partial charge on any atom is 1.00 e. The average Bonchev–Trinajstić information content (AvgIpc) is 2.34. The second-order valence-electron chi connectivity index (χ2n) is 1.67. The van der Waals surface area contributed by atoms with Gasteiger partial charge in [0.2, 0.25) is 0 Å². The van der Waals surface area contributed by atoms with E-state index in [-0.39, 0.29) is 51.4 Å². The van der Waals surface area contributed by atoms with Crippen molar-refractivity contribution in [2.45, 2.75) is 0 Å². The van der Waals surface area contributed by atoms with Gasteiger partial charge in [0, 0.05) is 0 Å². The van der Waals surface area contributed by atoms with Gasteiger partial charge in [-0.2, -0.15) is 0 Å². The Morgan fingerprint density at radius 2 is 2.36 bits per heavy atom. The molecule has 0 saturated heterocycles. The van der Waals surface area contributed by atoms with Crippen LogP contribution in [0.1, 0.15) is 5.76 Å². The standard InChI is InChI=1S/C7H6O3.K/c8-7(9)4-3-6-2-1-5-10-6;/h1-5H,(H,8,9);/q;+1/p-1/b4-3+;. The molecule has 11 heavy (non-hydrogen) atoms. The third-order valence-corrected chi connectivity index (χ3v) is 0.927. The molecule has 0 spiro atoms. The zero-order chi connectivity index (χ0) is 7.40. The Kier molecular flexibility index (Phi) is 5.80. The summed E-state index contributed by atoms with van der Waals surface area (Å²) in [6.45, 7) is 0. The molecule has 52 valence electrons. The van der Waals surface area contributed by atoms with Crippen molar-refractivity contribution in [2.24, 2.45) is 0 Å². The van der Waals surface area contributed by atoms with Gasteiger partial charge < -0.3 is 14.3 Å². The Bertz CT molecular complexity index is 238. The summed E-state index contributed by atoms with van der Waals surface area (Å²) in [6, 6.07) is 3.33. The molecule has 0 amide bonds. The number of carboxylic acids is 1. The molecule has 1 rings (SSSR count). The second kappa shape index (κ2) is 5.74. The largest absolute Gasteiger partial charge is 1.00 e. The summed E-state index contributed by atoms with van der Waals surface area (Å²) in [7, 11) is 0. The molecular formula is C7H5KO3. The van der Waals surface area contributed by atoms with Crippen LogP contribution in [-0.4, -0.2) is 5.97 Å². The zero-order valence-corrected chi connectivity index (χ0v) is 9.23. The van der Waals surface area contributed by atoms with Crippen LogP contribution in [0, 0.1) is 0 Å². The first kappa shape index (κ1) is 11.1. The van der Waals surface area contributed by atoms with Crippen LogP contribution in [-0.2, 0) is 4.79 Å². The van der Waals surface area contributed by atoms with Gasteiger partial charge in [0.15, 0.2) is 0 Å². The number of carbonyl (C=O) groups excluding carboxylic acids is 1. The van der Waals surface area contributed by atoms with E-state index >= 15 is 0 Å². The van der Waals surface area contributed by atoms with Gasteiger partial charge in [-0.05, 0) is 24.3 Å². The third-order valence-electron chi connectivity index (χ3n) is 0.927. The fourth-order valence-corrected chi connectivity index (χ4v) is 0.536. The summed E-state index contributed by atoms with van der Waals surface area (Å²) in [5.74, 6) is -0.722. The summed E-state index contributed by atoms with van der Waals surface area (Å²) in [4.78, 5) is 9.85. The van der Waals surface area contributed by atoms with Crippen molar-refractivity contribution < 1.29 is 65.7 Å². The van der Waals surface area contributed by atoms with E-state index in [4.69, 9.17) is 4.42 Å². The van der Waals surface area contributed by atoms with Crippen molar-refractivity contribution in [3.05, 3.63) is 30.2 Å². The molecule has 0 N–H and O–H groups in total. The quantitative estimate of drug-likeness (QED) is 0.357. The maximum absolute atomic E-state index is 9.85. The molecule has 1 heterocycles. The van der Waals surface area contributed by atoms with Crippen LogP contribution in [0.25, 0.3) is 6.08 Å². The van der Waals surface area contributed by atoms with E-state index in [1.54, 1.807) is 12.1 Å². The molecule has 0 aromatic carbocycles. The monoisotopic (exact) mass is 176 g/mol. The zero-order valence-electron chi connectivity index (χ0n) is 6.11. The van der Waals surface area contributed by atoms with Gasteiger partial charge in [0.25, 0.3) is 0 Å². The Morgan fingerprint density at radius 3 is 2.82 bits per heavy atom. The molecule has 1 aromatic rings. The van der Waals surface area contributed by atoms with Crippen molar-refractivity contribution in [3.8, 4) is 0 Å². The molecule has 0 bridgehead atoms. The number of carbonyl (C=O) groups is 1. The number of hydrogen-bond donors (Lipinski definition) is 0. The number of aliphatic carboxylic acids is 1. The van der Waals surface area contributed by atoms with E-state index in [0.29, 0.717) is 5.76 Å². The van der Waals surface area contributed by atoms with Crippen LogP contribution in [0.2, 0.25) is 0 Å². The molecule has 1 aromatic heterocycles. The Labute approximate surface area is 107 Å². The smallest absolute Gasteiger partial charge is 0.545 e. The second-order valence-corrected chi connectivity index (χ2v) is 1.67. The minimum Gasteiger partial charge on any atom is -0.545 e. The Hall–Kier alpha value is 0.126. The third kappa shape index (κ3) is 4.55. The van der Waals surface area contributed by atoms with Gasteiger partial charge in [-0.3, -0.25) is 0 Å². The van der Waals surface area contributed by atoms with Gasteiger partial charge in [-0.15, -0.1) is 0 Å². The van der Waals surface area contributed by atoms with Gasteiger partial charge in [-0.25, -0.2) is 0 Å². The molecule has 0 saturated carbocycles. The normalized spacial score (nSPS) is 9.45. The fraction of sp³-hybridized carbons (Fsp3) is 0. The van der Waals surface area contributed by atoms with Crippen molar-refractivity contribution in [3.63, 3.8) is 0 Å². The number of furan rings is 1. The number of carboxylic acid groups (broad SMARTS) is 1. The maximum atomic E-state index is 9.85. The van der Waals surface area contributed by atoms with E-state index in [1.165, 1.54) is 12.3 Å². The molecule has 4 heteroatoms. The summed E-state index contributed by atoms with van der Waals surface area (Å²) < 4.78 is 4.81. The molecule has 0 aliphatic rings. The van der Waals surface area contributed by atoms with E-state index in [9.17, 15) is 9.90 Å². The summed E-state index contributed by atoms with van der Waals surface area (Å²) in [5.41, 5.74) is 0. The first-order valence-electron chi connectivity index (χ1n) is 2.71.